The zero-order valence-electron chi connectivity index (χ0n) is 15.0. The predicted molar refractivity (Wildman–Crippen MR) is 108 cm³/mol. The number of nitrogens with one attached hydrogen (secondary N) is 2. The number of carboxylic acids is 2. The Labute approximate surface area is 168 Å². The molecule has 0 aliphatic carbocycles. The quantitative estimate of drug-likeness (QED) is 0.308. The van der Waals surface area contributed by atoms with E-state index in [1.54, 1.807) is 30.3 Å². The zero-order chi connectivity index (χ0) is 20.6. The van der Waals surface area contributed by atoms with Gasteiger partial charge in [0.2, 0.25) is 11.6 Å². The van der Waals surface area contributed by atoms with E-state index in [-0.39, 0.29) is 5.75 Å². The fourth-order valence-corrected chi connectivity index (χ4v) is 3.04. The van der Waals surface area contributed by atoms with Gasteiger partial charge in [-0.15, -0.1) is 0 Å². The van der Waals surface area contributed by atoms with Crippen LogP contribution in [-0.2, 0) is 20.8 Å². The minimum Gasteiger partial charge on any atom is -0.481 e. The number of thiol groups is 1. The molecule has 8 heteroatoms. The number of para-hydroxylation sites is 1. The molecule has 2 atom stereocenters. The van der Waals surface area contributed by atoms with Crippen molar-refractivity contribution in [3.05, 3.63) is 66.2 Å². The van der Waals surface area contributed by atoms with E-state index in [2.05, 4.69) is 23.3 Å². The third-order valence-electron chi connectivity index (χ3n) is 4.17. The number of anilines is 1. The van der Waals surface area contributed by atoms with Crippen molar-refractivity contribution in [2.75, 3.05) is 11.1 Å². The van der Waals surface area contributed by atoms with Gasteiger partial charge in [-0.05, 0) is 24.1 Å². The van der Waals surface area contributed by atoms with Crippen LogP contribution < -0.4 is 10.6 Å². The van der Waals surface area contributed by atoms with Crippen LogP contribution in [0.15, 0.2) is 60.7 Å². The van der Waals surface area contributed by atoms with Gasteiger partial charge in [0.05, 0.1) is 12.3 Å². The highest BCUT2D eigenvalue weighted by Gasteiger charge is 2.43. The predicted octanol–water partition coefficient (Wildman–Crippen LogP) is 2.26. The van der Waals surface area contributed by atoms with Crippen molar-refractivity contribution < 1.29 is 24.6 Å². The molecule has 0 heterocycles. The molecule has 28 heavy (non-hydrogen) atoms. The van der Waals surface area contributed by atoms with Gasteiger partial charge in [0.15, 0.2) is 0 Å². The van der Waals surface area contributed by atoms with E-state index >= 15 is 0 Å². The maximum absolute atomic E-state index is 12.8. The first kappa shape index (κ1) is 21.3. The summed E-state index contributed by atoms with van der Waals surface area (Å²) in [7, 11) is 0. The summed E-state index contributed by atoms with van der Waals surface area (Å²) in [6.07, 6.45) is -0.488. The lowest BCUT2D eigenvalue weighted by molar-refractivity contribution is -0.152. The van der Waals surface area contributed by atoms with E-state index in [4.69, 9.17) is 0 Å². The Balaban J connectivity index is 2.27. The summed E-state index contributed by atoms with van der Waals surface area (Å²) < 4.78 is 0. The Morgan fingerprint density at radius 2 is 1.54 bits per heavy atom. The van der Waals surface area contributed by atoms with Gasteiger partial charge < -0.3 is 20.8 Å². The van der Waals surface area contributed by atoms with E-state index in [0.29, 0.717) is 12.1 Å². The van der Waals surface area contributed by atoms with Crippen LogP contribution in [0.1, 0.15) is 12.0 Å². The van der Waals surface area contributed by atoms with Gasteiger partial charge in [0, 0.05) is 11.4 Å². The number of benzene rings is 2. The third-order valence-corrected chi connectivity index (χ3v) is 4.61. The number of carboxylic acid groups (broad SMARTS) is 2. The van der Waals surface area contributed by atoms with Crippen molar-refractivity contribution in [1.29, 1.82) is 0 Å². The summed E-state index contributed by atoms with van der Waals surface area (Å²) in [6.45, 7) is 0. The Morgan fingerprint density at radius 3 is 2.04 bits per heavy atom. The van der Waals surface area contributed by atoms with Crippen molar-refractivity contribution in [3.63, 3.8) is 0 Å². The molecule has 0 saturated heterocycles. The Bertz CT molecular complexity index is 816. The van der Waals surface area contributed by atoms with Gasteiger partial charge in [-0.2, -0.15) is 12.6 Å². The second-order valence-corrected chi connectivity index (χ2v) is 6.70. The molecule has 2 unspecified atom stereocenters. The van der Waals surface area contributed by atoms with E-state index in [1.165, 1.54) is 0 Å². The molecule has 0 fully saturated rings. The third kappa shape index (κ3) is 5.75. The molecular formula is C20H22N2O5S. The number of rotatable bonds is 10. The molecule has 7 nitrogen and oxygen atoms in total. The molecule has 0 aromatic heterocycles. The molecule has 0 saturated carbocycles. The van der Waals surface area contributed by atoms with Crippen molar-refractivity contribution in [2.45, 2.75) is 18.5 Å². The lowest BCUT2D eigenvalue weighted by Crippen LogP contribution is -2.62. The van der Waals surface area contributed by atoms with Gasteiger partial charge in [0.25, 0.3) is 0 Å². The molecule has 0 aliphatic heterocycles. The van der Waals surface area contributed by atoms with Crippen LogP contribution in [0.5, 0.6) is 0 Å². The molecule has 0 spiro atoms. The average Bonchev–Trinajstić information content (AvgIpc) is 2.66. The summed E-state index contributed by atoms with van der Waals surface area (Å²) >= 11 is 4.21. The number of carbonyl (C=O) groups is 3. The van der Waals surface area contributed by atoms with E-state index in [9.17, 15) is 24.6 Å². The highest BCUT2D eigenvalue weighted by molar-refractivity contribution is 7.80. The van der Waals surface area contributed by atoms with Crippen LogP contribution in [-0.4, -0.2) is 39.5 Å². The fraction of sp³-hybridized carbons (Fsp3) is 0.250. The Hall–Kier alpha value is -3.00. The summed E-state index contributed by atoms with van der Waals surface area (Å²) in [5.74, 6) is -3.91. The van der Waals surface area contributed by atoms with Crippen molar-refractivity contribution >= 4 is 36.2 Å². The first-order valence-electron chi connectivity index (χ1n) is 8.61. The monoisotopic (exact) mass is 402 g/mol. The van der Waals surface area contributed by atoms with Crippen LogP contribution >= 0.6 is 12.6 Å². The standard InChI is InChI=1S/C20H22N2O5S/c23-17(24)12-20(19(26)27,21-16-9-5-2-6-10-16)22-18(25)15(13-28)11-14-7-3-1-4-8-14/h1-10,15,21,28H,11-13H2,(H,22,25)(H,23,24)(H,26,27). The normalized spacial score (nSPS) is 13.8. The summed E-state index contributed by atoms with van der Waals surface area (Å²) in [4.78, 5) is 36.2. The molecule has 0 aliphatic rings. The molecule has 2 aromatic carbocycles. The Morgan fingerprint density at radius 1 is 0.964 bits per heavy atom. The van der Waals surface area contributed by atoms with Crippen LogP contribution in [0.4, 0.5) is 5.69 Å². The lowest BCUT2D eigenvalue weighted by Gasteiger charge is -2.32. The summed E-state index contributed by atoms with van der Waals surface area (Å²) in [5.41, 5.74) is -0.925. The smallest absolute Gasteiger partial charge is 0.351 e. The number of aliphatic carboxylic acids is 2. The largest absolute Gasteiger partial charge is 0.481 e. The highest BCUT2D eigenvalue weighted by atomic mass is 32.1. The average molecular weight is 402 g/mol. The first-order valence-corrected chi connectivity index (χ1v) is 9.25. The summed E-state index contributed by atoms with van der Waals surface area (Å²) in [5, 5.41) is 24.1. The molecule has 4 N–H and O–H groups in total. The van der Waals surface area contributed by atoms with Gasteiger partial charge in [-0.1, -0.05) is 48.5 Å². The van der Waals surface area contributed by atoms with Crippen LogP contribution in [0, 0.1) is 5.92 Å². The van der Waals surface area contributed by atoms with Crippen LogP contribution in [0.25, 0.3) is 0 Å². The van der Waals surface area contributed by atoms with Crippen molar-refractivity contribution in [1.82, 2.24) is 5.32 Å². The molecule has 148 valence electrons. The van der Waals surface area contributed by atoms with Gasteiger partial charge >= 0.3 is 11.9 Å². The number of carbonyl (C=O) groups excluding carboxylic acids is 1. The second kappa shape index (κ2) is 9.80. The first-order chi connectivity index (χ1) is 13.4. The van der Waals surface area contributed by atoms with E-state index in [1.807, 2.05) is 30.3 Å². The van der Waals surface area contributed by atoms with Gasteiger partial charge in [-0.25, -0.2) is 4.79 Å². The second-order valence-electron chi connectivity index (χ2n) is 6.33. The molecule has 2 aromatic rings. The Kier molecular flexibility index (Phi) is 7.45. The molecule has 0 bridgehead atoms. The number of hydrogen-bond donors (Lipinski definition) is 5. The van der Waals surface area contributed by atoms with Gasteiger partial charge in [0.1, 0.15) is 0 Å². The molecule has 1 amide bonds. The van der Waals surface area contributed by atoms with Gasteiger partial charge in [-0.3, -0.25) is 9.59 Å². The lowest BCUT2D eigenvalue weighted by atomic mass is 9.98. The van der Waals surface area contributed by atoms with Crippen LogP contribution in [0.3, 0.4) is 0 Å². The van der Waals surface area contributed by atoms with Crippen molar-refractivity contribution in [3.8, 4) is 0 Å². The molecular weight excluding hydrogens is 380 g/mol. The van der Waals surface area contributed by atoms with E-state index in [0.717, 1.165) is 5.56 Å². The summed E-state index contributed by atoms with van der Waals surface area (Å²) in [6, 6.07) is 17.5. The number of hydrogen-bond acceptors (Lipinski definition) is 5. The molecule has 2 rings (SSSR count). The highest BCUT2D eigenvalue weighted by Crippen LogP contribution is 2.19. The zero-order valence-corrected chi connectivity index (χ0v) is 15.9. The fourth-order valence-electron chi connectivity index (χ4n) is 2.75. The van der Waals surface area contributed by atoms with Crippen molar-refractivity contribution in [2.24, 2.45) is 5.92 Å². The minimum absolute atomic E-state index is 0.175. The SMILES string of the molecule is O=C(O)CC(NC(=O)C(CS)Cc1ccccc1)(Nc1ccccc1)C(=O)O. The maximum Gasteiger partial charge on any atom is 0.351 e. The number of amides is 1. The van der Waals surface area contributed by atoms with E-state index < -0.39 is 35.8 Å². The maximum atomic E-state index is 12.8. The topological polar surface area (TPSA) is 116 Å². The molecule has 0 radical (unpaired) electrons. The minimum atomic E-state index is -2.19. The van der Waals surface area contributed by atoms with Crippen LogP contribution in [0.2, 0.25) is 0 Å².